The van der Waals surface area contributed by atoms with Crippen LogP contribution in [0.5, 0.6) is 0 Å². The first-order valence-electron chi connectivity index (χ1n) is 10.7. The number of hydrogen-bond acceptors (Lipinski definition) is 4. The fourth-order valence-electron chi connectivity index (χ4n) is 4.48. The third kappa shape index (κ3) is 4.27. The van der Waals surface area contributed by atoms with Gasteiger partial charge < -0.3 is 5.32 Å². The molecule has 1 aliphatic heterocycles. The lowest BCUT2D eigenvalue weighted by atomic mass is 9.94. The zero-order chi connectivity index (χ0) is 22.9. The summed E-state index contributed by atoms with van der Waals surface area (Å²) in [5.41, 5.74) is -0.923. The Bertz CT molecular complexity index is 1100. The van der Waals surface area contributed by atoms with E-state index in [1.165, 1.54) is 17.0 Å². The predicted molar refractivity (Wildman–Crippen MR) is 123 cm³/mol. The van der Waals surface area contributed by atoms with Gasteiger partial charge in [0.2, 0.25) is 21.8 Å². The van der Waals surface area contributed by atoms with Crippen LogP contribution in [0.1, 0.15) is 32.6 Å². The van der Waals surface area contributed by atoms with Crippen LogP contribution in [0.4, 0.5) is 5.69 Å². The van der Waals surface area contributed by atoms with Crippen molar-refractivity contribution in [2.75, 3.05) is 18.0 Å². The number of nitrogens with zero attached hydrogens (tertiary/aromatic N) is 2. The second kappa shape index (κ2) is 8.84. The smallest absolute Gasteiger partial charge is 0.247 e. The molecule has 1 unspecified atom stereocenters. The minimum atomic E-state index is -3.95. The normalized spacial score (nSPS) is 22.8. The number of carbonyl (C=O) groups is 2. The summed E-state index contributed by atoms with van der Waals surface area (Å²) in [5.74, 6) is -0.831. The zero-order valence-corrected chi connectivity index (χ0v) is 19.4. The van der Waals surface area contributed by atoms with E-state index in [4.69, 9.17) is 11.6 Å². The maximum atomic E-state index is 13.5. The number of sulfonamides is 1. The Kier molecular flexibility index (Phi) is 6.29. The molecule has 0 radical (unpaired) electrons. The van der Waals surface area contributed by atoms with Crippen LogP contribution in [-0.2, 0) is 19.6 Å². The average molecular weight is 476 g/mol. The number of piperazine rings is 1. The van der Waals surface area contributed by atoms with Gasteiger partial charge in [-0.2, -0.15) is 4.31 Å². The summed E-state index contributed by atoms with van der Waals surface area (Å²) in [6, 6.07) is 14.6. The summed E-state index contributed by atoms with van der Waals surface area (Å²) in [7, 11) is -3.95. The van der Waals surface area contributed by atoms with Crippen molar-refractivity contribution in [2.24, 2.45) is 0 Å². The Morgan fingerprint density at radius 1 is 1.06 bits per heavy atom. The van der Waals surface area contributed by atoms with Gasteiger partial charge in [-0.1, -0.05) is 42.6 Å². The lowest BCUT2D eigenvalue weighted by Gasteiger charge is -2.47. The number of halogens is 1. The number of amides is 2. The van der Waals surface area contributed by atoms with E-state index in [2.05, 4.69) is 5.32 Å². The Hall–Kier alpha value is -2.42. The van der Waals surface area contributed by atoms with Crippen LogP contribution >= 0.6 is 11.6 Å². The molecule has 9 heteroatoms. The van der Waals surface area contributed by atoms with E-state index in [1.807, 2.05) is 0 Å². The molecule has 1 heterocycles. The molecule has 1 aliphatic carbocycles. The first kappa shape index (κ1) is 22.8. The first-order chi connectivity index (χ1) is 15.2. The number of anilines is 1. The fraction of sp³-hybridized carbons (Fsp3) is 0.391. The average Bonchev–Trinajstić information content (AvgIpc) is 3.28. The van der Waals surface area contributed by atoms with E-state index >= 15 is 0 Å². The Morgan fingerprint density at radius 3 is 2.31 bits per heavy atom. The second-order valence-corrected chi connectivity index (χ2v) is 10.9. The molecule has 0 aromatic heterocycles. The molecule has 2 aromatic rings. The van der Waals surface area contributed by atoms with E-state index in [0.29, 0.717) is 10.7 Å². The van der Waals surface area contributed by atoms with Crippen LogP contribution in [0.2, 0.25) is 5.02 Å². The van der Waals surface area contributed by atoms with Crippen LogP contribution in [0, 0.1) is 0 Å². The molecular formula is C23H26ClN3O4S. The molecule has 2 aliphatic rings. The summed E-state index contributed by atoms with van der Waals surface area (Å²) in [6.07, 6.45) is 3.83. The highest BCUT2D eigenvalue weighted by Gasteiger charge is 2.51. The molecule has 0 bridgehead atoms. The van der Waals surface area contributed by atoms with Crippen molar-refractivity contribution in [1.82, 2.24) is 9.62 Å². The molecule has 32 heavy (non-hydrogen) atoms. The van der Waals surface area contributed by atoms with Crippen LogP contribution < -0.4 is 10.2 Å². The topological polar surface area (TPSA) is 86.8 Å². The van der Waals surface area contributed by atoms with Gasteiger partial charge in [0.25, 0.3) is 0 Å². The highest BCUT2D eigenvalue weighted by atomic mass is 35.5. The number of carbonyl (C=O) groups excluding carboxylic acids is 2. The van der Waals surface area contributed by atoms with Crippen molar-refractivity contribution < 1.29 is 18.0 Å². The predicted octanol–water partition coefficient (Wildman–Crippen LogP) is 3.20. The Morgan fingerprint density at radius 2 is 1.69 bits per heavy atom. The van der Waals surface area contributed by atoms with E-state index in [9.17, 15) is 18.0 Å². The lowest BCUT2D eigenvalue weighted by molar-refractivity contribution is -0.133. The van der Waals surface area contributed by atoms with Gasteiger partial charge in [0, 0.05) is 23.3 Å². The SMILES string of the molecule is CC1(C(=O)NC2CCCC2)CN(S(=O)(=O)c2ccccc2)CC(=O)N1c1ccc(Cl)cc1. The summed E-state index contributed by atoms with van der Waals surface area (Å²) < 4.78 is 27.7. The van der Waals surface area contributed by atoms with E-state index < -0.39 is 21.5 Å². The van der Waals surface area contributed by atoms with Crippen LogP contribution in [0.25, 0.3) is 0 Å². The van der Waals surface area contributed by atoms with Gasteiger partial charge in [-0.05, 0) is 56.2 Å². The van der Waals surface area contributed by atoms with Crippen molar-refractivity contribution >= 4 is 39.1 Å². The molecule has 2 amide bonds. The van der Waals surface area contributed by atoms with Crippen molar-refractivity contribution in [2.45, 2.75) is 49.1 Å². The molecular weight excluding hydrogens is 450 g/mol. The van der Waals surface area contributed by atoms with E-state index in [0.717, 1.165) is 30.0 Å². The van der Waals surface area contributed by atoms with E-state index in [-0.39, 0.29) is 29.9 Å². The summed E-state index contributed by atoms with van der Waals surface area (Å²) in [5, 5.41) is 3.56. The van der Waals surface area contributed by atoms with Gasteiger partial charge >= 0.3 is 0 Å². The van der Waals surface area contributed by atoms with Gasteiger partial charge in [0.15, 0.2) is 0 Å². The largest absolute Gasteiger partial charge is 0.351 e. The van der Waals surface area contributed by atoms with Gasteiger partial charge in [-0.15, -0.1) is 0 Å². The summed E-state index contributed by atoms with van der Waals surface area (Å²) in [6.45, 7) is 1.11. The van der Waals surface area contributed by atoms with Crippen LogP contribution in [0.15, 0.2) is 59.5 Å². The van der Waals surface area contributed by atoms with Crippen molar-refractivity contribution in [1.29, 1.82) is 0 Å². The monoisotopic (exact) mass is 475 g/mol. The van der Waals surface area contributed by atoms with Crippen molar-refractivity contribution in [3.63, 3.8) is 0 Å². The highest BCUT2D eigenvalue weighted by Crippen LogP contribution is 2.33. The second-order valence-electron chi connectivity index (χ2n) is 8.52. The molecule has 2 aromatic carbocycles. The third-order valence-corrected chi connectivity index (χ3v) is 8.24. The molecule has 1 atom stereocenters. The highest BCUT2D eigenvalue weighted by molar-refractivity contribution is 7.89. The Labute approximate surface area is 193 Å². The van der Waals surface area contributed by atoms with Crippen molar-refractivity contribution in [3.05, 3.63) is 59.6 Å². The lowest BCUT2D eigenvalue weighted by Crippen LogP contribution is -2.70. The first-order valence-corrected chi connectivity index (χ1v) is 12.5. The minimum absolute atomic E-state index is 0.0302. The van der Waals surface area contributed by atoms with Gasteiger partial charge in [0.05, 0.1) is 11.4 Å². The third-order valence-electron chi connectivity index (χ3n) is 6.18. The Balaban J connectivity index is 1.72. The molecule has 1 saturated carbocycles. The number of hydrogen-bond donors (Lipinski definition) is 1. The molecule has 0 spiro atoms. The molecule has 1 saturated heterocycles. The maximum Gasteiger partial charge on any atom is 0.247 e. The van der Waals surface area contributed by atoms with Crippen LogP contribution in [-0.4, -0.2) is 49.2 Å². The standard InChI is InChI=1S/C23H26ClN3O4S/c1-23(22(29)25-18-7-5-6-8-18)16-26(32(30,31)20-9-3-2-4-10-20)15-21(28)27(23)19-13-11-17(24)12-14-19/h2-4,9-14,18H,5-8,15-16H2,1H3,(H,25,29). The number of nitrogens with one attached hydrogen (secondary N) is 1. The molecule has 7 nitrogen and oxygen atoms in total. The van der Waals surface area contributed by atoms with Gasteiger partial charge in [0.1, 0.15) is 5.54 Å². The van der Waals surface area contributed by atoms with Crippen molar-refractivity contribution in [3.8, 4) is 0 Å². The minimum Gasteiger partial charge on any atom is -0.351 e. The number of benzene rings is 2. The van der Waals surface area contributed by atoms with Crippen LogP contribution in [0.3, 0.4) is 0 Å². The quantitative estimate of drug-likeness (QED) is 0.719. The molecule has 1 N–H and O–H groups in total. The van der Waals surface area contributed by atoms with Gasteiger partial charge in [-0.25, -0.2) is 8.42 Å². The summed E-state index contributed by atoms with van der Waals surface area (Å²) >= 11 is 6.01. The zero-order valence-electron chi connectivity index (χ0n) is 17.8. The molecule has 170 valence electrons. The molecule has 4 rings (SSSR count). The van der Waals surface area contributed by atoms with Gasteiger partial charge in [-0.3, -0.25) is 14.5 Å². The summed E-state index contributed by atoms with van der Waals surface area (Å²) in [4.78, 5) is 28.4. The maximum absolute atomic E-state index is 13.5. The molecule has 2 fully saturated rings. The number of rotatable bonds is 5. The fourth-order valence-corrected chi connectivity index (χ4v) is 6.11. The van der Waals surface area contributed by atoms with E-state index in [1.54, 1.807) is 49.4 Å².